The number of guanidine groups is 1. The lowest BCUT2D eigenvalue weighted by atomic mass is 10.2. The third kappa shape index (κ3) is 3.98. The van der Waals surface area contributed by atoms with E-state index in [-0.39, 0.29) is 5.82 Å². The summed E-state index contributed by atoms with van der Waals surface area (Å²) in [7, 11) is 1.76. The molecule has 7 heteroatoms. The van der Waals surface area contributed by atoms with Crippen LogP contribution in [-0.4, -0.2) is 54.1 Å². The number of anilines is 1. The van der Waals surface area contributed by atoms with E-state index in [1.54, 1.807) is 25.5 Å². The van der Waals surface area contributed by atoms with Crippen molar-refractivity contribution < 1.29 is 4.39 Å². The van der Waals surface area contributed by atoms with E-state index in [2.05, 4.69) is 30.1 Å². The minimum absolute atomic E-state index is 0.222. The van der Waals surface area contributed by atoms with Gasteiger partial charge in [0.05, 0.1) is 0 Å². The molecule has 2 aromatic rings. The third-order valence-electron chi connectivity index (χ3n) is 3.97. The van der Waals surface area contributed by atoms with Crippen LogP contribution in [0.25, 0.3) is 0 Å². The molecule has 126 valence electrons. The zero-order chi connectivity index (χ0) is 16.8. The highest BCUT2D eigenvalue weighted by Crippen LogP contribution is 2.10. The molecule has 3 rings (SSSR count). The number of aromatic nitrogens is 2. The van der Waals surface area contributed by atoms with E-state index in [1.165, 1.54) is 12.1 Å². The van der Waals surface area contributed by atoms with Gasteiger partial charge in [-0.3, -0.25) is 4.99 Å². The minimum Gasteiger partial charge on any atom is -0.352 e. The maximum Gasteiger partial charge on any atom is 0.225 e. The van der Waals surface area contributed by atoms with E-state index in [1.807, 2.05) is 12.1 Å². The molecule has 0 radical (unpaired) electrons. The van der Waals surface area contributed by atoms with Gasteiger partial charge >= 0.3 is 0 Å². The summed E-state index contributed by atoms with van der Waals surface area (Å²) in [6.45, 7) is 3.89. The molecule has 0 spiro atoms. The highest BCUT2D eigenvalue weighted by atomic mass is 19.1. The van der Waals surface area contributed by atoms with Gasteiger partial charge in [0.1, 0.15) is 5.82 Å². The lowest BCUT2D eigenvalue weighted by molar-refractivity contribution is 0.370. The first-order valence-corrected chi connectivity index (χ1v) is 7.98. The van der Waals surface area contributed by atoms with Crippen LogP contribution in [-0.2, 0) is 6.54 Å². The second kappa shape index (κ2) is 7.72. The Labute approximate surface area is 141 Å². The van der Waals surface area contributed by atoms with E-state index in [0.717, 1.165) is 43.7 Å². The Balaban J connectivity index is 1.54. The fourth-order valence-electron chi connectivity index (χ4n) is 2.73. The van der Waals surface area contributed by atoms with Crippen LogP contribution in [0.5, 0.6) is 0 Å². The van der Waals surface area contributed by atoms with Crippen molar-refractivity contribution in [1.82, 2.24) is 20.2 Å². The first-order valence-electron chi connectivity index (χ1n) is 7.98. The molecule has 0 bridgehead atoms. The molecule has 24 heavy (non-hydrogen) atoms. The molecule has 0 saturated carbocycles. The maximum atomic E-state index is 13.2. The predicted molar refractivity (Wildman–Crippen MR) is 92.4 cm³/mol. The molecule has 1 aromatic carbocycles. The molecule has 1 N–H and O–H groups in total. The number of piperazine rings is 1. The number of halogens is 1. The molecule has 6 nitrogen and oxygen atoms in total. The first-order chi connectivity index (χ1) is 11.8. The Morgan fingerprint density at radius 2 is 1.92 bits per heavy atom. The average molecular weight is 328 g/mol. The largest absolute Gasteiger partial charge is 0.352 e. The Morgan fingerprint density at radius 1 is 1.17 bits per heavy atom. The third-order valence-corrected chi connectivity index (χ3v) is 3.97. The summed E-state index contributed by atoms with van der Waals surface area (Å²) >= 11 is 0. The zero-order valence-electron chi connectivity index (χ0n) is 13.7. The normalized spacial score (nSPS) is 15.5. The topological polar surface area (TPSA) is 56.7 Å². The monoisotopic (exact) mass is 328 g/mol. The second-order valence-corrected chi connectivity index (χ2v) is 5.55. The van der Waals surface area contributed by atoms with Crippen LogP contribution >= 0.6 is 0 Å². The van der Waals surface area contributed by atoms with Crippen LogP contribution in [0.3, 0.4) is 0 Å². The molecular formula is C17H21FN6. The van der Waals surface area contributed by atoms with Gasteiger partial charge in [0.25, 0.3) is 0 Å². The van der Waals surface area contributed by atoms with Crippen LogP contribution in [0.2, 0.25) is 0 Å². The van der Waals surface area contributed by atoms with Crippen LogP contribution in [0.1, 0.15) is 5.56 Å². The molecule has 0 aliphatic carbocycles. The Hall–Kier alpha value is -2.70. The fraction of sp³-hybridized carbons (Fsp3) is 0.353. The molecule has 1 saturated heterocycles. The van der Waals surface area contributed by atoms with Gasteiger partial charge in [0, 0.05) is 52.2 Å². The SMILES string of the molecule is CN=C(NCc1cccc(F)c1)N1CCN(c2ncccn2)CC1. The van der Waals surface area contributed by atoms with E-state index in [4.69, 9.17) is 0 Å². The molecule has 1 aliphatic rings. The second-order valence-electron chi connectivity index (χ2n) is 5.55. The van der Waals surface area contributed by atoms with Crippen molar-refractivity contribution in [2.24, 2.45) is 4.99 Å². The van der Waals surface area contributed by atoms with Crippen molar-refractivity contribution in [3.63, 3.8) is 0 Å². The first kappa shape index (κ1) is 16.2. The summed E-state index contributed by atoms with van der Waals surface area (Å²) in [4.78, 5) is 17.3. The lowest BCUT2D eigenvalue weighted by Crippen LogP contribution is -2.52. The minimum atomic E-state index is -0.222. The molecule has 2 heterocycles. The van der Waals surface area contributed by atoms with Crippen molar-refractivity contribution in [3.05, 3.63) is 54.1 Å². The molecule has 1 aromatic heterocycles. The highest BCUT2D eigenvalue weighted by molar-refractivity contribution is 5.80. The van der Waals surface area contributed by atoms with Crippen molar-refractivity contribution >= 4 is 11.9 Å². The quantitative estimate of drug-likeness (QED) is 0.684. The summed E-state index contributed by atoms with van der Waals surface area (Å²) in [5.74, 6) is 1.37. The van der Waals surface area contributed by atoms with Gasteiger partial charge in [-0.25, -0.2) is 14.4 Å². The number of aliphatic imine (C=N–C) groups is 1. The van der Waals surface area contributed by atoms with Crippen molar-refractivity contribution in [3.8, 4) is 0 Å². The van der Waals surface area contributed by atoms with Gasteiger partial charge in [-0.2, -0.15) is 0 Å². The van der Waals surface area contributed by atoms with E-state index in [9.17, 15) is 4.39 Å². The number of hydrogen-bond donors (Lipinski definition) is 1. The van der Waals surface area contributed by atoms with Crippen molar-refractivity contribution in [2.45, 2.75) is 6.54 Å². The van der Waals surface area contributed by atoms with Gasteiger partial charge in [-0.15, -0.1) is 0 Å². The van der Waals surface area contributed by atoms with Gasteiger partial charge in [-0.1, -0.05) is 12.1 Å². The number of hydrogen-bond acceptors (Lipinski definition) is 4. The summed E-state index contributed by atoms with van der Waals surface area (Å²) < 4.78 is 13.2. The summed E-state index contributed by atoms with van der Waals surface area (Å²) in [5, 5.41) is 3.30. The number of nitrogens with one attached hydrogen (secondary N) is 1. The number of benzene rings is 1. The lowest BCUT2D eigenvalue weighted by Gasteiger charge is -2.36. The average Bonchev–Trinajstić information content (AvgIpc) is 2.64. The molecule has 1 fully saturated rings. The predicted octanol–water partition coefficient (Wildman–Crippen LogP) is 1.51. The zero-order valence-corrected chi connectivity index (χ0v) is 13.7. The number of nitrogens with zero attached hydrogens (tertiary/aromatic N) is 5. The molecular weight excluding hydrogens is 307 g/mol. The Kier molecular flexibility index (Phi) is 5.20. The van der Waals surface area contributed by atoms with Gasteiger partial charge < -0.3 is 15.1 Å². The van der Waals surface area contributed by atoms with Gasteiger partial charge in [0.2, 0.25) is 5.95 Å². The maximum absolute atomic E-state index is 13.2. The van der Waals surface area contributed by atoms with Crippen LogP contribution in [0, 0.1) is 5.82 Å². The molecule has 1 aliphatic heterocycles. The Morgan fingerprint density at radius 3 is 2.58 bits per heavy atom. The van der Waals surface area contributed by atoms with E-state index in [0.29, 0.717) is 6.54 Å². The van der Waals surface area contributed by atoms with E-state index < -0.39 is 0 Å². The van der Waals surface area contributed by atoms with Crippen molar-refractivity contribution in [2.75, 3.05) is 38.1 Å². The van der Waals surface area contributed by atoms with Gasteiger partial charge in [0.15, 0.2) is 5.96 Å². The Bertz CT molecular complexity index is 682. The van der Waals surface area contributed by atoms with E-state index >= 15 is 0 Å². The molecule has 0 unspecified atom stereocenters. The smallest absolute Gasteiger partial charge is 0.225 e. The highest BCUT2D eigenvalue weighted by Gasteiger charge is 2.20. The fourth-order valence-corrected chi connectivity index (χ4v) is 2.73. The van der Waals surface area contributed by atoms with Crippen LogP contribution in [0.4, 0.5) is 10.3 Å². The van der Waals surface area contributed by atoms with Crippen LogP contribution < -0.4 is 10.2 Å². The summed E-state index contributed by atoms with van der Waals surface area (Å²) in [6, 6.07) is 8.41. The summed E-state index contributed by atoms with van der Waals surface area (Å²) in [6.07, 6.45) is 3.52. The standard InChI is InChI=1S/C17H21FN6/c1-19-16(22-13-14-4-2-5-15(18)12-14)23-8-10-24(11-9-23)17-20-6-3-7-21-17/h2-7,12H,8-11,13H2,1H3,(H,19,22). The van der Waals surface area contributed by atoms with Crippen molar-refractivity contribution in [1.29, 1.82) is 0 Å². The van der Waals surface area contributed by atoms with Gasteiger partial charge in [-0.05, 0) is 23.8 Å². The summed E-state index contributed by atoms with van der Waals surface area (Å²) in [5.41, 5.74) is 0.896. The molecule has 0 amide bonds. The number of rotatable bonds is 3. The molecule has 0 atom stereocenters. The van der Waals surface area contributed by atoms with Crippen LogP contribution in [0.15, 0.2) is 47.7 Å².